The first-order valence-electron chi connectivity index (χ1n) is 8.85. The van der Waals surface area contributed by atoms with Crippen LogP contribution in [0.25, 0.3) is 0 Å². The summed E-state index contributed by atoms with van der Waals surface area (Å²) in [5.74, 6) is 0.788. The molecule has 148 valence electrons. The molecule has 0 aliphatic carbocycles. The maximum Gasteiger partial charge on any atom is 0.410 e. The number of halogens is 1. The van der Waals surface area contributed by atoms with E-state index in [1.54, 1.807) is 4.90 Å². The van der Waals surface area contributed by atoms with Gasteiger partial charge < -0.3 is 25.0 Å². The van der Waals surface area contributed by atoms with E-state index in [0.717, 1.165) is 25.5 Å². The number of amides is 1. The van der Waals surface area contributed by atoms with Gasteiger partial charge in [-0.3, -0.25) is 4.99 Å². The molecule has 25 heavy (non-hydrogen) atoms. The smallest absolute Gasteiger partial charge is 0.410 e. The van der Waals surface area contributed by atoms with Crippen LogP contribution in [0.3, 0.4) is 0 Å². The number of hydrogen-bond acceptors (Lipinski definition) is 4. The fourth-order valence-electron chi connectivity index (χ4n) is 2.13. The summed E-state index contributed by atoms with van der Waals surface area (Å²) in [5.41, 5.74) is -0.454. The monoisotopic (exact) mass is 470 g/mol. The second kappa shape index (κ2) is 11.8. The quantitative estimate of drug-likeness (QED) is 0.259. The molecule has 0 unspecified atom stereocenters. The van der Waals surface area contributed by atoms with Crippen molar-refractivity contribution < 1.29 is 14.3 Å². The fourth-order valence-corrected chi connectivity index (χ4v) is 2.13. The van der Waals surface area contributed by atoms with Gasteiger partial charge in [-0.15, -0.1) is 24.0 Å². The van der Waals surface area contributed by atoms with Crippen molar-refractivity contribution in [3.05, 3.63) is 0 Å². The second-order valence-electron chi connectivity index (χ2n) is 7.26. The summed E-state index contributed by atoms with van der Waals surface area (Å²) >= 11 is 0. The third-order valence-corrected chi connectivity index (χ3v) is 3.24. The SMILES string of the molecule is CCNC(=NCCCOC(C)C)NC1CN(C(=O)OC(C)(C)C)C1.I. The van der Waals surface area contributed by atoms with E-state index in [-0.39, 0.29) is 42.2 Å². The van der Waals surface area contributed by atoms with E-state index >= 15 is 0 Å². The van der Waals surface area contributed by atoms with Gasteiger partial charge in [0.15, 0.2) is 5.96 Å². The fraction of sp³-hybridized carbons (Fsp3) is 0.882. The third-order valence-electron chi connectivity index (χ3n) is 3.24. The largest absolute Gasteiger partial charge is 0.444 e. The van der Waals surface area contributed by atoms with Gasteiger partial charge >= 0.3 is 6.09 Å². The zero-order chi connectivity index (χ0) is 18.2. The Kier molecular flexibility index (Phi) is 11.4. The van der Waals surface area contributed by atoms with Gasteiger partial charge in [-0.2, -0.15) is 0 Å². The first kappa shape index (κ1) is 24.2. The van der Waals surface area contributed by atoms with Gasteiger partial charge in [-0.05, 0) is 48.0 Å². The lowest BCUT2D eigenvalue weighted by Crippen LogP contribution is -2.63. The minimum atomic E-state index is -0.454. The highest BCUT2D eigenvalue weighted by molar-refractivity contribution is 14.0. The van der Waals surface area contributed by atoms with E-state index in [9.17, 15) is 4.79 Å². The average molecular weight is 470 g/mol. The standard InChI is InChI=1S/C17H34N4O3.HI/c1-7-18-15(19-9-8-10-23-13(2)3)20-14-11-21(12-14)16(22)24-17(4,5)6;/h13-14H,7-12H2,1-6H3,(H2,18,19,20);1H. The molecule has 7 nitrogen and oxygen atoms in total. The van der Waals surface area contributed by atoms with Gasteiger partial charge in [0.25, 0.3) is 0 Å². The molecule has 0 atom stereocenters. The molecule has 1 saturated heterocycles. The maximum atomic E-state index is 11.9. The number of nitrogens with zero attached hydrogens (tertiary/aromatic N) is 2. The topological polar surface area (TPSA) is 75.2 Å². The molecule has 8 heteroatoms. The summed E-state index contributed by atoms with van der Waals surface area (Å²) in [5, 5.41) is 6.58. The Labute approximate surface area is 169 Å². The molecular weight excluding hydrogens is 435 g/mol. The molecule has 1 fully saturated rings. The van der Waals surface area contributed by atoms with Crippen molar-refractivity contribution in [1.29, 1.82) is 0 Å². The first-order valence-corrected chi connectivity index (χ1v) is 8.85. The van der Waals surface area contributed by atoms with Crippen LogP contribution in [-0.2, 0) is 9.47 Å². The number of carbonyl (C=O) groups is 1. The lowest BCUT2D eigenvalue weighted by Gasteiger charge is -2.40. The Balaban J connectivity index is 0.00000576. The van der Waals surface area contributed by atoms with Gasteiger partial charge in [0.05, 0.1) is 12.1 Å². The zero-order valence-electron chi connectivity index (χ0n) is 16.4. The summed E-state index contributed by atoms with van der Waals surface area (Å²) < 4.78 is 10.9. The predicted molar refractivity (Wildman–Crippen MR) is 112 cm³/mol. The molecule has 0 spiro atoms. The summed E-state index contributed by atoms with van der Waals surface area (Å²) in [6.07, 6.45) is 0.895. The van der Waals surface area contributed by atoms with E-state index in [1.807, 2.05) is 41.5 Å². The Morgan fingerprint density at radius 2 is 1.96 bits per heavy atom. The van der Waals surface area contributed by atoms with Gasteiger partial charge in [0.2, 0.25) is 0 Å². The molecule has 0 aromatic rings. The molecule has 1 heterocycles. The van der Waals surface area contributed by atoms with Crippen LogP contribution in [0.5, 0.6) is 0 Å². The van der Waals surface area contributed by atoms with Crippen molar-refractivity contribution in [2.24, 2.45) is 4.99 Å². The summed E-state index contributed by atoms with van der Waals surface area (Å²) in [6, 6.07) is 0.210. The number of likely N-dealkylation sites (tertiary alicyclic amines) is 1. The normalized spacial score (nSPS) is 15.5. The van der Waals surface area contributed by atoms with Crippen molar-refractivity contribution in [1.82, 2.24) is 15.5 Å². The van der Waals surface area contributed by atoms with E-state index in [4.69, 9.17) is 9.47 Å². The van der Waals surface area contributed by atoms with Crippen molar-refractivity contribution in [3.8, 4) is 0 Å². The van der Waals surface area contributed by atoms with Crippen LogP contribution in [0.15, 0.2) is 4.99 Å². The van der Waals surface area contributed by atoms with Crippen LogP contribution in [0, 0.1) is 0 Å². The van der Waals surface area contributed by atoms with Crippen LogP contribution in [0.1, 0.15) is 48.0 Å². The van der Waals surface area contributed by atoms with Crippen molar-refractivity contribution in [2.45, 2.75) is 65.7 Å². The van der Waals surface area contributed by atoms with E-state index in [2.05, 4.69) is 15.6 Å². The van der Waals surface area contributed by atoms with Gasteiger partial charge in [-0.1, -0.05) is 0 Å². The first-order chi connectivity index (χ1) is 11.2. The van der Waals surface area contributed by atoms with Crippen LogP contribution in [0.4, 0.5) is 4.79 Å². The number of ether oxygens (including phenoxy) is 2. The maximum absolute atomic E-state index is 11.9. The van der Waals surface area contributed by atoms with Gasteiger partial charge in [0.1, 0.15) is 5.60 Å². The molecule has 0 radical (unpaired) electrons. The molecule has 0 saturated carbocycles. The number of rotatable bonds is 7. The number of aliphatic imine (C=N–C) groups is 1. The van der Waals surface area contributed by atoms with Crippen LogP contribution in [-0.4, -0.2) is 67.5 Å². The Hall–Kier alpha value is -0.770. The van der Waals surface area contributed by atoms with Crippen LogP contribution in [0.2, 0.25) is 0 Å². The highest BCUT2D eigenvalue weighted by Gasteiger charge is 2.34. The minimum absolute atomic E-state index is 0. The van der Waals surface area contributed by atoms with E-state index in [0.29, 0.717) is 19.6 Å². The second-order valence-corrected chi connectivity index (χ2v) is 7.26. The number of hydrogen-bond donors (Lipinski definition) is 2. The van der Waals surface area contributed by atoms with Gasteiger partial charge in [-0.25, -0.2) is 4.79 Å². The highest BCUT2D eigenvalue weighted by atomic mass is 127. The van der Waals surface area contributed by atoms with E-state index in [1.165, 1.54) is 0 Å². The average Bonchev–Trinajstić information content (AvgIpc) is 2.39. The molecular formula is C17H35IN4O3. The molecule has 1 aliphatic rings. The molecule has 2 N–H and O–H groups in total. The molecule has 0 bridgehead atoms. The summed E-state index contributed by atoms with van der Waals surface area (Å²) in [4.78, 5) is 18.2. The van der Waals surface area contributed by atoms with Crippen LogP contribution >= 0.6 is 24.0 Å². The lowest BCUT2D eigenvalue weighted by molar-refractivity contribution is 0.00700. The number of nitrogens with one attached hydrogen (secondary N) is 2. The van der Waals surface area contributed by atoms with E-state index < -0.39 is 5.60 Å². The zero-order valence-corrected chi connectivity index (χ0v) is 18.8. The minimum Gasteiger partial charge on any atom is -0.444 e. The summed E-state index contributed by atoms with van der Waals surface area (Å²) in [7, 11) is 0. The third kappa shape index (κ3) is 10.7. The Morgan fingerprint density at radius 1 is 1.32 bits per heavy atom. The number of carbonyl (C=O) groups excluding carboxylic acids is 1. The molecule has 1 aliphatic heterocycles. The highest BCUT2D eigenvalue weighted by Crippen LogP contribution is 2.15. The van der Waals surface area contributed by atoms with Crippen molar-refractivity contribution in [3.63, 3.8) is 0 Å². The molecule has 0 aromatic heterocycles. The van der Waals surface area contributed by atoms with Crippen molar-refractivity contribution in [2.75, 3.05) is 32.8 Å². The summed E-state index contributed by atoms with van der Waals surface area (Å²) in [6.45, 7) is 15.2. The molecule has 0 aromatic carbocycles. The Bertz CT molecular complexity index is 419. The van der Waals surface area contributed by atoms with Crippen molar-refractivity contribution >= 4 is 36.0 Å². The van der Waals surface area contributed by atoms with Gasteiger partial charge in [0, 0.05) is 32.8 Å². The molecule has 1 rings (SSSR count). The predicted octanol–water partition coefficient (Wildman–Crippen LogP) is 2.59. The van der Waals surface area contributed by atoms with Crippen LogP contribution < -0.4 is 10.6 Å². The number of guanidine groups is 1. The Morgan fingerprint density at radius 3 is 2.48 bits per heavy atom. The lowest BCUT2D eigenvalue weighted by atomic mass is 10.1. The molecule has 1 amide bonds.